The quantitative estimate of drug-likeness (QED) is 0.826. The van der Waals surface area contributed by atoms with Gasteiger partial charge in [0.1, 0.15) is 24.6 Å². The van der Waals surface area contributed by atoms with Crippen molar-refractivity contribution in [3.8, 4) is 17.2 Å². The number of hydrogen-bond donors (Lipinski definition) is 1. The third kappa shape index (κ3) is 2.95. The maximum atomic E-state index is 12.8. The van der Waals surface area contributed by atoms with Crippen molar-refractivity contribution in [2.45, 2.75) is 44.2 Å². The number of methoxy groups -OCH3 is 1. The van der Waals surface area contributed by atoms with E-state index in [0.717, 1.165) is 31.2 Å². The summed E-state index contributed by atoms with van der Waals surface area (Å²) in [6, 6.07) is 3.60. The van der Waals surface area contributed by atoms with Gasteiger partial charge in [-0.05, 0) is 31.7 Å². The first-order valence-corrected chi connectivity index (χ1v) is 9.07. The predicted molar refractivity (Wildman–Crippen MR) is 91.2 cm³/mol. The average molecular weight is 361 g/mol. The molecule has 7 nitrogen and oxygen atoms in total. The minimum Gasteiger partial charge on any atom is -0.496 e. The molecule has 4 rings (SSSR count). The van der Waals surface area contributed by atoms with Crippen molar-refractivity contribution in [2.24, 2.45) is 5.92 Å². The molecule has 7 heteroatoms. The third-order valence-corrected chi connectivity index (χ3v) is 5.49. The van der Waals surface area contributed by atoms with Gasteiger partial charge in [-0.15, -0.1) is 0 Å². The van der Waals surface area contributed by atoms with E-state index in [2.05, 4.69) is 5.32 Å². The molecule has 26 heavy (non-hydrogen) atoms. The van der Waals surface area contributed by atoms with Gasteiger partial charge in [-0.1, -0.05) is 0 Å². The molecule has 0 aromatic heterocycles. The van der Waals surface area contributed by atoms with Gasteiger partial charge < -0.3 is 24.3 Å². The molecular formula is C19H23NO6. The molecule has 140 valence electrons. The first-order valence-electron chi connectivity index (χ1n) is 9.07. The molecule has 1 N–H and O–H groups in total. The number of nitrogens with one attached hydrogen (secondary N) is 1. The molecule has 0 unspecified atom stereocenters. The van der Waals surface area contributed by atoms with Gasteiger partial charge >= 0.3 is 5.97 Å². The van der Waals surface area contributed by atoms with E-state index in [1.54, 1.807) is 13.2 Å². The highest BCUT2D eigenvalue weighted by Crippen LogP contribution is 2.45. The Hall–Kier alpha value is -2.44. The zero-order valence-electron chi connectivity index (χ0n) is 14.8. The van der Waals surface area contributed by atoms with Crippen molar-refractivity contribution < 1.29 is 28.5 Å². The Morgan fingerprint density at radius 3 is 2.62 bits per heavy atom. The highest BCUT2D eigenvalue weighted by molar-refractivity contribution is 5.88. The number of hydrogen-bond acceptors (Lipinski definition) is 6. The van der Waals surface area contributed by atoms with Crippen molar-refractivity contribution in [1.29, 1.82) is 0 Å². The standard InChI is InChI=1S/C19H23NO6/c1-23-14-10-16-15(24-6-7-25-16)8-12(14)11-20-18(22)13-9-17(21)26-19(13)4-2-3-5-19/h8,10,13H,2-7,9,11H2,1H3,(H,20,22)/t13-/m0/s1. The molecular weight excluding hydrogens is 338 g/mol. The second-order valence-electron chi connectivity index (χ2n) is 7.03. The summed E-state index contributed by atoms with van der Waals surface area (Å²) in [4.78, 5) is 24.6. The minimum atomic E-state index is -0.599. The Balaban J connectivity index is 1.48. The highest BCUT2D eigenvalue weighted by Gasteiger charge is 2.53. The molecule has 1 aromatic carbocycles. The van der Waals surface area contributed by atoms with Crippen LogP contribution in [-0.4, -0.2) is 37.8 Å². The van der Waals surface area contributed by atoms with Crippen LogP contribution in [0.25, 0.3) is 0 Å². The number of esters is 1. The largest absolute Gasteiger partial charge is 0.496 e. The SMILES string of the molecule is COc1cc2c(cc1CNC(=O)[C@@H]1CC(=O)OC13CCCC3)OCCO2. The van der Waals surface area contributed by atoms with Gasteiger partial charge in [-0.3, -0.25) is 9.59 Å². The molecule has 3 aliphatic rings. The molecule has 2 aliphatic heterocycles. The number of ether oxygens (including phenoxy) is 4. The van der Waals surface area contributed by atoms with Crippen LogP contribution in [0.2, 0.25) is 0 Å². The highest BCUT2D eigenvalue weighted by atomic mass is 16.6. The smallest absolute Gasteiger partial charge is 0.307 e. The zero-order chi connectivity index (χ0) is 18.1. The van der Waals surface area contributed by atoms with Crippen molar-refractivity contribution in [2.75, 3.05) is 20.3 Å². The zero-order valence-corrected chi connectivity index (χ0v) is 14.8. The van der Waals surface area contributed by atoms with E-state index >= 15 is 0 Å². The van der Waals surface area contributed by atoms with Crippen molar-refractivity contribution >= 4 is 11.9 Å². The number of rotatable bonds is 4. The summed E-state index contributed by atoms with van der Waals surface area (Å²) >= 11 is 0. The minimum absolute atomic E-state index is 0.144. The van der Waals surface area contributed by atoms with Gasteiger partial charge in [0.25, 0.3) is 0 Å². The topological polar surface area (TPSA) is 83.1 Å². The second kappa shape index (κ2) is 6.70. The van der Waals surface area contributed by atoms with Gasteiger partial charge in [0.2, 0.25) is 5.91 Å². The Kier molecular flexibility index (Phi) is 4.38. The van der Waals surface area contributed by atoms with Crippen LogP contribution in [0.3, 0.4) is 0 Å². The summed E-state index contributed by atoms with van der Waals surface area (Å²) in [5.74, 6) is 1.08. The summed E-state index contributed by atoms with van der Waals surface area (Å²) in [5, 5.41) is 2.95. The summed E-state index contributed by atoms with van der Waals surface area (Å²) in [6.07, 6.45) is 3.68. The summed E-state index contributed by atoms with van der Waals surface area (Å²) in [6.45, 7) is 1.29. The van der Waals surface area contributed by atoms with Crippen LogP contribution in [0.15, 0.2) is 12.1 Å². The van der Waals surface area contributed by atoms with E-state index in [-0.39, 0.29) is 18.3 Å². The molecule has 2 heterocycles. The van der Waals surface area contributed by atoms with Crippen LogP contribution in [0.1, 0.15) is 37.7 Å². The van der Waals surface area contributed by atoms with Crippen LogP contribution in [0, 0.1) is 5.92 Å². The van der Waals surface area contributed by atoms with Crippen molar-refractivity contribution in [3.63, 3.8) is 0 Å². The molecule has 0 radical (unpaired) electrons. The number of amides is 1. The Labute approximate surface area is 151 Å². The first-order chi connectivity index (χ1) is 12.6. The number of carbonyl (C=O) groups excluding carboxylic acids is 2. The lowest BCUT2D eigenvalue weighted by Gasteiger charge is -2.28. The van der Waals surface area contributed by atoms with Gasteiger partial charge in [0, 0.05) is 18.2 Å². The maximum absolute atomic E-state index is 12.8. The molecule has 1 aromatic rings. The summed E-state index contributed by atoms with van der Waals surface area (Å²) in [7, 11) is 1.58. The monoisotopic (exact) mass is 361 g/mol. The fourth-order valence-electron chi connectivity index (χ4n) is 4.19. The summed E-state index contributed by atoms with van der Waals surface area (Å²) in [5.41, 5.74) is 0.203. The number of benzene rings is 1. The molecule has 1 amide bonds. The summed E-state index contributed by atoms with van der Waals surface area (Å²) < 4.78 is 22.1. The molecule has 1 aliphatic carbocycles. The van der Waals surface area contributed by atoms with Crippen molar-refractivity contribution in [3.05, 3.63) is 17.7 Å². The van der Waals surface area contributed by atoms with Crippen molar-refractivity contribution in [1.82, 2.24) is 5.32 Å². The molecule has 1 saturated carbocycles. The lowest BCUT2D eigenvalue weighted by molar-refractivity contribution is -0.149. The second-order valence-corrected chi connectivity index (χ2v) is 7.03. The van der Waals surface area contributed by atoms with Gasteiger partial charge in [-0.25, -0.2) is 0 Å². The van der Waals surface area contributed by atoms with Gasteiger partial charge in [-0.2, -0.15) is 0 Å². The molecule has 1 atom stereocenters. The normalized spacial score (nSPS) is 23.0. The van der Waals surface area contributed by atoms with Crippen LogP contribution >= 0.6 is 0 Å². The Morgan fingerprint density at radius 1 is 1.23 bits per heavy atom. The van der Waals surface area contributed by atoms with Crippen LogP contribution in [0.5, 0.6) is 17.2 Å². The number of carbonyl (C=O) groups is 2. The fourth-order valence-corrected chi connectivity index (χ4v) is 4.19. The van der Waals surface area contributed by atoms with Crippen LogP contribution < -0.4 is 19.5 Å². The fraction of sp³-hybridized carbons (Fsp3) is 0.579. The van der Waals surface area contributed by atoms with Crippen LogP contribution in [0.4, 0.5) is 0 Å². The Morgan fingerprint density at radius 2 is 1.92 bits per heavy atom. The Bertz CT molecular complexity index is 725. The van der Waals surface area contributed by atoms with Gasteiger partial charge in [0.15, 0.2) is 11.5 Å². The van der Waals surface area contributed by atoms with E-state index in [4.69, 9.17) is 18.9 Å². The third-order valence-electron chi connectivity index (χ3n) is 5.49. The van der Waals surface area contributed by atoms with Crippen LogP contribution in [-0.2, 0) is 20.9 Å². The molecule has 0 bridgehead atoms. The average Bonchev–Trinajstić information content (AvgIpc) is 3.25. The van der Waals surface area contributed by atoms with E-state index in [9.17, 15) is 9.59 Å². The lowest BCUT2D eigenvalue weighted by atomic mass is 9.85. The van der Waals surface area contributed by atoms with E-state index < -0.39 is 11.5 Å². The van der Waals surface area contributed by atoms with Gasteiger partial charge in [0.05, 0.1) is 19.4 Å². The first kappa shape index (κ1) is 17.0. The lowest BCUT2D eigenvalue weighted by Crippen LogP contribution is -2.42. The molecule has 2 fully saturated rings. The predicted octanol–water partition coefficient (Wildman–Crippen LogP) is 1.96. The molecule has 1 spiro atoms. The van der Waals surface area contributed by atoms with E-state index in [1.807, 2.05) is 6.07 Å². The van der Waals surface area contributed by atoms with E-state index in [1.165, 1.54) is 0 Å². The van der Waals surface area contributed by atoms with E-state index in [0.29, 0.717) is 37.0 Å². The molecule has 1 saturated heterocycles. The maximum Gasteiger partial charge on any atom is 0.307 e. The number of fused-ring (bicyclic) bond motifs is 1.